The first-order chi connectivity index (χ1) is 50.0. The van der Waals surface area contributed by atoms with E-state index in [1.807, 2.05) is 196 Å². The molecule has 0 saturated carbocycles. The number of aliphatic hydroxyl groups excluding tert-OH is 2. The van der Waals surface area contributed by atoms with Crippen molar-refractivity contribution in [2.45, 2.75) is 23.0 Å². The van der Waals surface area contributed by atoms with Gasteiger partial charge in [0.25, 0.3) is 0 Å². The van der Waals surface area contributed by atoms with Crippen molar-refractivity contribution in [3.63, 3.8) is 0 Å². The van der Waals surface area contributed by atoms with Crippen LogP contribution in [0.2, 0.25) is 0 Å². The molecule has 0 aromatic heterocycles. The van der Waals surface area contributed by atoms with Crippen LogP contribution in [0.1, 0.15) is 11.1 Å². The highest BCUT2D eigenvalue weighted by Gasteiger charge is 2.03. The molecule has 40 heteroatoms. The van der Waals surface area contributed by atoms with Crippen LogP contribution >= 0.6 is 181 Å². The number of aliphatic hydroxyl groups is 2. The topological polar surface area (TPSA) is 377 Å². The number of rotatable bonds is 16. The van der Waals surface area contributed by atoms with Gasteiger partial charge in [0.1, 0.15) is 26.4 Å². The fourth-order valence-electron chi connectivity index (χ4n) is 3.50. The lowest BCUT2D eigenvalue weighted by atomic mass is 10.1. The zero-order chi connectivity index (χ0) is 83.7. The van der Waals surface area contributed by atoms with Gasteiger partial charge in [-0.25, -0.2) is 19.2 Å². The zero-order valence-electron chi connectivity index (χ0n) is 65.7. The molecule has 2 fully saturated rings. The maximum atomic E-state index is 10.8. The van der Waals surface area contributed by atoms with E-state index >= 15 is 0 Å². The molecule has 6 rings (SSSR count). The SMILES string of the molecule is C1CS1.C1CS1.C=C1C=CC(=S)C=C1.C=C1C=CC(=S)C=C1.CN.CN.CNC(=O)OCCSSC.CNC(=O)OCc1ccc(SSC)cc1.CO.CO.COC(=O)OCCSSC.COC(=O)OCc1ccc(SSC)cc1.CSC.CSC.CSC.CSC.O=C=O.O=C=O.O=C=O.O=C=O.[CH3-].[CH3-].[CH3-]. The molecule has 0 spiro atoms. The number of nitrogens with one attached hydrogen (secondary N) is 2. The van der Waals surface area contributed by atoms with Crippen molar-refractivity contribution >= 4 is 240 Å². The Morgan fingerprint density at radius 3 is 0.869 bits per heavy atom. The van der Waals surface area contributed by atoms with Gasteiger partial charge in [-0.15, -0.1) is 0 Å². The number of alkyl carbamates (subject to hydrolysis) is 2. The first-order valence-corrected chi connectivity index (χ1v) is 48.2. The number of carbonyl (C=O) groups is 4. The lowest BCUT2D eigenvalue weighted by Crippen LogP contribution is -2.20. The van der Waals surface area contributed by atoms with E-state index in [-0.39, 0.29) is 59.6 Å². The van der Waals surface area contributed by atoms with E-state index in [1.165, 1.54) is 61.1 Å². The standard InChI is InChI=1S/C10H13NO2S2.C10H12O3S2.2C7H6S.C5H11NO2S2.C5H10O3S2.2C2H4S.4C2H6S.2CH5N.4CO2.2CH4O.3CH3/c1-11-10(12)13-7-8-3-5-9(6-4-8)15-14-2;1-12-10(11)13-7-8-3-5-9(6-4-8)15-14-2;2*1-6-2-4-7(8)5-3-6;1-6-5(7)8-3-4-10-9-2;1-7-5(6)8-3-4-10-9-2;2*1-2-3-1;4*1-3-2;2*1-2;4*2-1-3;2*1-2;;;/h3-6H,7H2,1-2H3,(H,11,12);3-6H,7H2,1-2H3;2*2-5H,1H2;3-4H2,1-2H3,(H,6,7);3-4H2,1-2H3;2*1-2H2;4*1-2H3;2*2H2,1H3;;;;;2*2H,1H3;3*1H3/q;;;;;;;;;;;;;;;;;;;;3*-1. The number of nitrogens with two attached hydrogens (primary N) is 2. The number of thioether (sulfide) groups is 6. The number of methoxy groups -OCH3 is 2. The van der Waals surface area contributed by atoms with E-state index in [4.69, 9.17) is 87.2 Å². The summed E-state index contributed by atoms with van der Waals surface area (Å²) in [6, 6.07) is 15.8. The summed E-state index contributed by atoms with van der Waals surface area (Å²) in [6.07, 6.45) is 38.4. The molecule has 107 heavy (non-hydrogen) atoms. The first kappa shape index (κ1) is 145. The molecule has 0 bridgehead atoms. The lowest BCUT2D eigenvalue weighted by molar-refractivity contribution is -0.193. The monoisotopic (exact) mass is 1810 g/mol. The summed E-state index contributed by atoms with van der Waals surface area (Å²) in [5.74, 6) is 7.31. The third-order valence-electron chi connectivity index (χ3n) is 6.95. The largest absolute Gasteiger partial charge is 0.508 e. The maximum absolute atomic E-state index is 10.8. The van der Waals surface area contributed by atoms with Gasteiger partial charge < -0.3 is 83.0 Å². The molecule has 4 aliphatic rings. The van der Waals surface area contributed by atoms with Crippen LogP contribution in [0.15, 0.2) is 131 Å². The minimum atomic E-state index is -0.655. The molecule has 2 aliphatic heterocycles. The number of allylic oxidation sites excluding steroid dienone is 10. The Labute approximate surface area is 709 Å². The number of ether oxygens (including phenoxy) is 6. The Hall–Kier alpha value is -3.60. The fraction of sp³-hybridized carbons (Fsp3) is 0.448. The normalized spacial score (nSPS) is 9.57. The minimum Gasteiger partial charge on any atom is -0.449 e. The van der Waals surface area contributed by atoms with E-state index in [9.17, 15) is 19.2 Å². The zero-order valence-corrected chi connectivity index (χ0v) is 78.7. The molecule has 0 atom stereocenters. The smallest absolute Gasteiger partial charge is 0.449 e. The van der Waals surface area contributed by atoms with Crippen molar-refractivity contribution < 1.29 is 96.2 Å². The van der Waals surface area contributed by atoms with Crippen molar-refractivity contribution in [2.24, 2.45) is 11.5 Å². The third-order valence-corrected chi connectivity index (χ3v) is 15.3. The van der Waals surface area contributed by atoms with Crippen molar-refractivity contribution in [3.8, 4) is 0 Å². The fourth-order valence-corrected chi connectivity index (χ4v) is 8.52. The minimum absolute atomic E-state index is 0. The van der Waals surface area contributed by atoms with Gasteiger partial charge in [0.2, 0.25) is 0 Å². The molecule has 2 heterocycles. The molecule has 0 radical (unpaired) electrons. The van der Waals surface area contributed by atoms with Crippen LogP contribution in [-0.4, -0.2) is 248 Å². The number of carbonyl (C=O) groups excluding carboxylic acids is 12. The molecular formula is C67H117N4O20S16-3. The van der Waals surface area contributed by atoms with Crippen molar-refractivity contribution in [2.75, 3.05) is 179 Å². The van der Waals surface area contributed by atoms with Gasteiger partial charge in [-0.05, 0) is 160 Å². The van der Waals surface area contributed by atoms with E-state index in [2.05, 4.69) is 49.5 Å². The van der Waals surface area contributed by atoms with Crippen LogP contribution in [0.3, 0.4) is 0 Å². The van der Waals surface area contributed by atoms with Crippen LogP contribution in [0.4, 0.5) is 19.2 Å². The van der Waals surface area contributed by atoms with E-state index in [1.54, 1.807) is 147 Å². The van der Waals surface area contributed by atoms with Crippen LogP contribution in [-0.2, 0) is 80.0 Å². The van der Waals surface area contributed by atoms with E-state index in [0.717, 1.165) is 57.7 Å². The van der Waals surface area contributed by atoms with Crippen LogP contribution in [0.25, 0.3) is 0 Å². The van der Waals surface area contributed by atoms with Gasteiger partial charge in [0.15, 0.2) is 0 Å². The van der Waals surface area contributed by atoms with E-state index in [0.29, 0.717) is 19.8 Å². The molecule has 2 saturated heterocycles. The Morgan fingerprint density at radius 2 is 0.664 bits per heavy atom. The quantitative estimate of drug-likeness (QED) is 0.0173. The predicted octanol–water partition coefficient (Wildman–Crippen LogP) is 16.2. The second-order valence-electron chi connectivity index (χ2n) is 14.5. The van der Waals surface area contributed by atoms with Gasteiger partial charge >= 0.3 is 49.1 Å². The number of thiocarbonyl (C=S) groups is 2. The molecule has 2 amide bonds. The van der Waals surface area contributed by atoms with Gasteiger partial charge in [0, 0.05) is 82.4 Å². The lowest BCUT2D eigenvalue weighted by Gasteiger charge is -2.04. The highest BCUT2D eigenvalue weighted by atomic mass is 33.1. The predicted molar refractivity (Wildman–Crippen MR) is 487 cm³/mol. The van der Waals surface area contributed by atoms with Crippen molar-refractivity contribution in [3.05, 3.63) is 155 Å². The summed E-state index contributed by atoms with van der Waals surface area (Å²) in [5.41, 5.74) is 13.0. The molecule has 0 unspecified atom stereocenters. The van der Waals surface area contributed by atoms with Crippen LogP contribution in [0.5, 0.6) is 0 Å². The van der Waals surface area contributed by atoms with Gasteiger partial charge in [0.05, 0.1) is 14.2 Å². The number of benzene rings is 2. The molecule has 24 nitrogen and oxygen atoms in total. The maximum Gasteiger partial charge on any atom is 0.508 e. The third kappa shape index (κ3) is 186. The van der Waals surface area contributed by atoms with Gasteiger partial charge in [-0.2, -0.15) is 109 Å². The van der Waals surface area contributed by atoms with Gasteiger partial charge in [-0.3, -0.25) is 0 Å². The molecule has 2 aromatic rings. The number of hydrogen-bond donors (Lipinski definition) is 6. The highest BCUT2D eigenvalue weighted by Crippen LogP contribution is 2.29. The summed E-state index contributed by atoms with van der Waals surface area (Å²) in [6.45, 7) is 8.88. The number of amides is 2. The van der Waals surface area contributed by atoms with Crippen molar-refractivity contribution in [1.29, 1.82) is 0 Å². The summed E-state index contributed by atoms with van der Waals surface area (Å²) >= 11 is 20.7. The Balaban J connectivity index is -0.0000000554. The molecule has 624 valence electrons. The second kappa shape index (κ2) is 148. The second-order valence-corrected chi connectivity index (χ2v) is 31.5. The molecule has 2 aromatic carbocycles. The van der Waals surface area contributed by atoms with Crippen molar-refractivity contribution in [1.82, 2.24) is 10.6 Å². The average Bonchev–Trinajstić information content (AvgIpc) is 1.62. The van der Waals surface area contributed by atoms with Crippen LogP contribution in [0, 0.1) is 22.3 Å². The first-order valence-electron chi connectivity index (χ1n) is 28.0. The summed E-state index contributed by atoms with van der Waals surface area (Å²) in [7, 11) is 24.1. The average molecular weight is 1810 g/mol. The molecule has 8 N–H and O–H groups in total. The summed E-state index contributed by atoms with van der Waals surface area (Å²) < 4.78 is 27.6. The molecular weight excluding hydrogens is 1690 g/mol. The number of hydrogen-bond acceptors (Lipinski definition) is 38. The van der Waals surface area contributed by atoms with E-state index < -0.39 is 18.4 Å². The summed E-state index contributed by atoms with van der Waals surface area (Å²) in [4.78, 5) is 111. The van der Waals surface area contributed by atoms with Gasteiger partial charge in [-0.1, -0.05) is 173 Å². The Bertz CT molecular complexity index is 2200. The molecule has 2 aliphatic carbocycles. The van der Waals surface area contributed by atoms with Crippen LogP contribution < -0.4 is 22.1 Å². The highest BCUT2D eigenvalue weighted by molar-refractivity contribution is 8.77. The summed E-state index contributed by atoms with van der Waals surface area (Å²) in [5, 5.41) is 18.8. The Kier molecular flexibility index (Phi) is 201. The Morgan fingerprint density at radius 1 is 0.439 bits per heavy atom.